The number of carbonyl (C=O) groups excluding carboxylic acids is 1. The predicted octanol–water partition coefficient (Wildman–Crippen LogP) is 4.38. The number of hydrogen-bond donors (Lipinski definition) is 3. The van der Waals surface area contributed by atoms with Crippen molar-refractivity contribution >= 4 is 11.7 Å². The molecule has 0 fully saturated rings. The maximum absolute atomic E-state index is 12.7. The molecule has 1 atom stereocenters. The fourth-order valence-electron chi connectivity index (χ4n) is 2.67. The lowest BCUT2D eigenvalue weighted by Crippen LogP contribution is -2.30. The lowest BCUT2D eigenvalue weighted by Gasteiger charge is -2.17. The Morgan fingerprint density at radius 3 is 2.42 bits per heavy atom. The third kappa shape index (κ3) is 6.07. The molecule has 2 aromatic carbocycles. The number of benzene rings is 2. The van der Waals surface area contributed by atoms with E-state index in [0.29, 0.717) is 19.4 Å². The van der Waals surface area contributed by atoms with Gasteiger partial charge in [0.1, 0.15) is 0 Å². The minimum Gasteiger partial charge on any atom is -0.396 e. The molecule has 0 heterocycles. The van der Waals surface area contributed by atoms with Gasteiger partial charge in [-0.1, -0.05) is 36.4 Å². The van der Waals surface area contributed by atoms with Crippen LogP contribution in [-0.2, 0) is 6.18 Å². The molecular weight excluding hydrogens is 345 g/mol. The number of urea groups is 1. The zero-order valence-corrected chi connectivity index (χ0v) is 14.1. The number of nitrogens with one attached hydrogen (secondary N) is 2. The number of aliphatic hydroxyl groups is 1. The van der Waals surface area contributed by atoms with Gasteiger partial charge in [0.15, 0.2) is 0 Å². The standard InChI is InChI=1S/C19H21F3N2O2/c20-19(21,22)16-7-4-8-17(13-16)24-18(26)23-11-9-15(10-12-25)14-5-2-1-3-6-14/h1-8,13,15,25H,9-12H2,(H2,23,24,26). The summed E-state index contributed by atoms with van der Waals surface area (Å²) in [6.07, 6.45) is -3.27. The third-order valence-electron chi connectivity index (χ3n) is 3.97. The van der Waals surface area contributed by atoms with E-state index in [1.165, 1.54) is 12.1 Å². The van der Waals surface area contributed by atoms with E-state index in [1.807, 2.05) is 30.3 Å². The van der Waals surface area contributed by atoms with Crippen LogP contribution in [0, 0.1) is 0 Å². The number of aliphatic hydroxyl groups excluding tert-OH is 1. The van der Waals surface area contributed by atoms with Crippen molar-refractivity contribution in [3.63, 3.8) is 0 Å². The largest absolute Gasteiger partial charge is 0.416 e. The van der Waals surface area contributed by atoms with Crippen molar-refractivity contribution in [1.29, 1.82) is 0 Å². The summed E-state index contributed by atoms with van der Waals surface area (Å²) >= 11 is 0. The highest BCUT2D eigenvalue weighted by Gasteiger charge is 2.30. The molecule has 0 saturated heterocycles. The van der Waals surface area contributed by atoms with Crippen molar-refractivity contribution in [1.82, 2.24) is 5.32 Å². The average molecular weight is 366 g/mol. The van der Waals surface area contributed by atoms with Gasteiger partial charge >= 0.3 is 12.2 Å². The van der Waals surface area contributed by atoms with Crippen molar-refractivity contribution in [2.24, 2.45) is 0 Å². The number of alkyl halides is 3. The molecule has 1 unspecified atom stereocenters. The molecule has 0 aliphatic heterocycles. The van der Waals surface area contributed by atoms with Crippen LogP contribution in [0.25, 0.3) is 0 Å². The molecule has 0 aromatic heterocycles. The van der Waals surface area contributed by atoms with Crippen LogP contribution in [0.4, 0.5) is 23.7 Å². The molecule has 4 nitrogen and oxygen atoms in total. The van der Waals surface area contributed by atoms with Crippen molar-refractivity contribution in [3.05, 3.63) is 65.7 Å². The quantitative estimate of drug-likeness (QED) is 0.681. The van der Waals surface area contributed by atoms with E-state index >= 15 is 0 Å². The van der Waals surface area contributed by atoms with Gasteiger partial charge in [0.05, 0.1) is 5.56 Å². The van der Waals surface area contributed by atoms with Gasteiger partial charge in [-0.05, 0) is 42.5 Å². The van der Waals surface area contributed by atoms with Crippen LogP contribution in [0.1, 0.15) is 29.9 Å². The Bertz CT molecular complexity index is 705. The number of halogens is 3. The molecule has 0 radical (unpaired) electrons. The van der Waals surface area contributed by atoms with Gasteiger partial charge < -0.3 is 15.7 Å². The van der Waals surface area contributed by atoms with Crippen LogP contribution in [0.2, 0.25) is 0 Å². The zero-order chi connectivity index (χ0) is 19.0. The van der Waals surface area contributed by atoms with Gasteiger partial charge in [-0.15, -0.1) is 0 Å². The third-order valence-corrected chi connectivity index (χ3v) is 3.97. The summed E-state index contributed by atoms with van der Waals surface area (Å²) < 4.78 is 38.0. The Labute approximate surface area is 150 Å². The highest BCUT2D eigenvalue weighted by Crippen LogP contribution is 2.30. The number of anilines is 1. The van der Waals surface area contributed by atoms with E-state index in [4.69, 9.17) is 0 Å². The minimum atomic E-state index is -4.46. The Morgan fingerprint density at radius 2 is 1.77 bits per heavy atom. The second kappa shape index (κ2) is 9.24. The van der Waals surface area contributed by atoms with Crippen LogP contribution < -0.4 is 10.6 Å². The van der Waals surface area contributed by atoms with Crippen LogP contribution in [0.5, 0.6) is 0 Å². The van der Waals surface area contributed by atoms with E-state index < -0.39 is 17.8 Å². The summed E-state index contributed by atoms with van der Waals surface area (Å²) in [7, 11) is 0. The Kier molecular flexibility index (Phi) is 7.03. The molecule has 26 heavy (non-hydrogen) atoms. The average Bonchev–Trinajstić information content (AvgIpc) is 2.61. The lowest BCUT2D eigenvalue weighted by atomic mass is 9.93. The first-order chi connectivity index (χ1) is 12.4. The van der Waals surface area contributed by atoms with Gasteiger partial charge in [-0.25, -0.2) is 4.79 Å². The van der Waals surface area contributed by atoms with Gasteiger partial charge in [0, 0.05) is 18.8 Å². The molecule has 140 valence electrons. The first-order valence-electron chi connectivity index (χ1n) is 8.28. The first-order valence-corrected chi connectivity index (χ1v) is 8.28. The van der Waals surface area contributed by atoms with Crippen LogP contribution in [0.15, 0.2) is 54.6 Å². The zero-order valence-electron chi connectivity index (χ0n) is 14.1. The van der Waals surface area contributed by atoms with Gasteiger partial charge in [-0.2, -0.15) is 13.2 Å². The van der Waals surface area contributed by atoms with Crippen molar-refractivity contribution in [3.8, 4) is 0 Å². The number of amides is 2. The van der Waals surface area contributed by atoms with E-state index in [2.05, 4.69) is 10.6 Å². The number of carbonyl (C=O) groups is 1. The Hall–Kier alpha value is -2.54. The Balaban J connectivity index is 1.86. The predicted molar refractivity (Wildman–Crippen MR) is 94.0 cm³/mol. The van der Waals surface area contributed by atoms with E-state index in [1.54, 1.807) is 0 Å². The molecule has 7 heteroatoms. The summed E-state index contributed by atoms with van der Waals surface area (Å²) in [5.41, 5.74) is 0.330. The smallest absolute Gasteiger partial charge is 0.396 e. The maximum Gasteiger partial charge on any atom is 0.416 e. The van der Waals surface area contributed by atoms with E-state index in [9.17, 15) is 23.1 Å². The Morgan fingerprint density at radius 1 is 1.04 bits per heavy atom. The van der Waals surface area contributed by atoms with Crippen molar-refractivity contribution in [2.75, 3.05) is 18.5 Å². The summed E-state index contributed by atoms with van der Waals surface area (Å²) in [6.45, 7) is 0.375. The molecule has 2 amide bonds. The highest BCUT2D eigenvalue weighted by molar-refractivity contribution is 5.89. The van der Waals surface area contributed by atoms with Crippen molar-refractivity contribution < 1.29 is 23.1 Å². The van der Waals surface area contributed by atoms with Crippen LogP contribution >= 0.6 is 0 Å². The summed E-state index contributed by atoms with van der Waals surface area (Å²) in [5, 5.41) is 14.2. The maximum atomic E-state index is 12.7. The van der Waals surface area contributed by atoms with E-state index in [0.717, 1.165) is 17.7 Å². The number of hydrogen-bond acceptors (Lipinski definition) is 2. The fraction of sp³-hybridized carbons (Fsp3) is 0.316. The van der Waals surface area contributed by atoms with Gasteiger partial charge in [-0.3, -0.25) is 0 Å². The second-order valence-electron chi connectivity index (χ2n) is 5.87. The monoisotopic (exact) mass is 366 g/mol. The van der Waals surface area contributed by atoms with E-state index in [-0.39, 0.29) is 18.2 Å². The highest BCUT2D eigenvalue weighted by atomic mass is 19.4. The second-order valence-corrected chi connectivity index (χ2v) is 5.87. The summed E-state index contributed by atoms with van der Waals surface area (Å²) in [5.74, 6) is 0.0926. The van der Waals surface area contributed by atoms with Gasteiger partial charge in [0.2, 0.25) is 0 Å². The molecule has 0 saturated carbocycles. The molecule has 2 rings (SSSR count). The molecule has 3 N–H and O–H groups in total. The van der Waals surface area contributed by atoms with Gasteiger partial charge in [0.25, 0.3) is 0 Å². The number of rotatable bonds is 7. The van der Waals surface area contributed by atoms with Crippen LogP contribution in [0.3, 0.4) is 0 Å². The fourth-order valence-corrected chi connectivity index (χ4v) is 2.67. The SMILES string of the molecule is O=C(NCCC(CCO)c1ccccc1)Nc1cccc(C(F)(F)F)c1. The lowest BCUT2D eigenvalue weighted by molar-refractivity contribution is -0.137. The normalized spacial score (nSPS) is 12.5. The molecule has 2 aromatic rings. The molecule has 0 bridgehead atoms. The topological polar surface area (TPSA) is 61.4 Å². The molecular formula is C19H21F3N2O2. The minimum absolute atomic E-state index is 0.0377. The molecule has 0 aliphatic carbocycles. The van der Waals surface area contributed by atoms with Crippen LogP contribution in [-0.4, -0.2) is 24.3 Å². The molecule has 0 spiro atoms. The van der Waals surface area contributed by atoms with Crippen molar-refractivity contribution in [2.45, 2.75) is 24.9 Å². The summed E-state index contributed by atoms with van der Waals surface area (Å²) in [4.78, 5) is 11.9. The first kappa shape index (κ1) is 19.8. The molecule has 0 aliphatic rings. The summed E-state index contributed by atoms with van der Waals surface area (Å²) in [6, 6.07) is 13.5.